The Labute approximate surface area is 149 Å². The fraction of sp³-hybridized carbons (Fsp3) is 0.0625. The molecule has 2 rings (SSSR count). The molecule has 8 heteroatoms. The van der Waals surface area contributed by atoms with Crippen molar-refractivity contribution in [2.24, 2.45) is 0 Å². The summed E-state index contributed by atoms with van der Waals surface area (Å²) in [5, 5.41) is 2.63. The summed E-state index contributed by atoms with van der Waals surface area (Å²) >= 11 is 8.90. The molecule has 24 heavy (non-hydrogen) atoms. The van der Waals surface area contributed by atoms with Gasteiger partial charge in [-0.25, -0.2) is 4.39 Å². The quantitative estimate of drug-likeness (QED) is 0.649. The smallest absolute Gasteiger partial charge is 0.387 e. The second-order valence-electron chi connectivity index (χ2n) is 4.52. The Morgan fingerprint density at radius 3 is 2.54 bits per heavy atom. The number of anilines is 1. The van der Waals surface area contributed by atoms with Crippen LogP contribution in [0.15, 0.2) is 46.9 Å². The summed E-state index contributed by atoms with van der Waals surface area (Å²) < 4.78 is 42.3. The number of alkyl halides is 2. The van der Waals surface area contributed by atoms with Crippen LogP contribution in [0, 0.1) is 5.82 Å². The van der Waals surface area contributed by atoms with E-state index in [1.165, 1.54) is 48.6 Å². The average molecular weight is 421 g/mol. The molecule has 0 saturated heterocycles. The first-order chi connectivity index (χ1) is 11.3. The number of halogens is 5. The van der Waals surface area contributed by atoms with E-state index in [9.17, 15) is 18.0 Å². The molecule has 0 atom stereocenters. The van der Waals surface area contributed by atoms with Gasteiger partial charge in [-0.2, -0.15) is 8.78 Å². The third-order valence-electron chi connectivity index (χ3n) is 2.77. The number of ether oxygens (including phenoxy) is 1. The number of hydrogen-bond donors (Lipinski definition) is 1. The van der Waals surface area contributed by atoms with Crippen LogP contribution in [0.25, 0.3) is 6.08 Å². The van der Waals surface area contributed by atoms with E-state index in [0.717, 1.165) is 0 Å². The van der Waals surface area contributed by atoms with Gasteiger partial charge >= 0.3 is 6.61 Å². The van der Waals surface area contributed by atoms with Gasteiger partial charge in [-0.3, -0.25) is 4.79 Å². The maximum Gasteiger partial charge on any atom is 0.387 e. The minimum absolute atomic E-state index is 0.0107. The van der Waals surface area contributed by atoms with Crippen molar-refractivity contribution in [2.75, 3.05) is 5.32 Å². The number of carbonyl (C=O) groups is 1. The van der Waals surface area contributed by atoms with E-state index in [0.29, 0.717) is 5.56 Å². The van der Waals surface area contributed by atoms with E-state index < -0.39 is 18.3 Å². The molecule has 0 fully saturated rings. The Kier molecular flexibility index (Phi) is 6.28. The largest absolute Gasteiger partial charge is 0.431 e. The molecule has 1 N–H and O–H groups in total. The highest BCUT2D eigenvalue weighted by molar-refractivity contribution is 9.10. The average Bonchev–Trinajstić information content (AvgIpc) is 2.50. The zero-order chi connectivity index (χ0) is 17.7. The molecule has 0 radical (unpaired) electrons. The predicted octanol–water partition coefficient (Wildman–Crippen LogP) is 5.49. The Balaban J connectivity index is 2.17. The molecule has 0 spiro atoms. The number of nitrogens with one attached hydrogen (secondary N) is 1. The molecule has 0 saturated carbocycles. The van der Waals surface area contributed by atoms with E-state index in [1.54, 1.807) is 0 Å². The Bertz CT molecular complexity index is 767. The second-order valence-corrected chi connectivity index (χ2v) is 5.81. The number of amides is 1. The lowest BCUT2D eigenvalue weighted by Crippen LogP contribution is -2.11. The first kappa shape index (κ1) is 18.4. The molecule has 0 aliphatic heterocycles. The Morgan fingerprint density at radius 2 is 1.92 bits per heavy atom. The highest BCUT2D eigenvalue weighted by atomic mass is 79.9. The van der Waals surface area contributed by atoms with Crippen LogP contribution < -0.4 is 10.1 Å². The zero-order valence-corrected chi connectivity index (χ0v) is 14.2. The van der Waals surface area contributed by atoms with Gasteiger partial charge in [0, 0.05) is 11.1 Å². The van der Waals surface area contributed by atoms with Crippen molar-refractivity contribution in [3.63, 3.8) is 0 Å². The minimum atomic E-state index is -3.06. The van der Waals surface area contributed by atoms with Gasteiger partial charge in [0.05, 0.1) is 10.2 Å². The first-order valence-electron chi connectivity index (χ1n) is 6.53. The van der Waals surface area contributed by atoms with E-state index in [4.69, 9.17) is 11.6 Å². The van der Waals surface area contributed by atoms with Crippen LogP contribution in [-0.4, -0.2) is 12.5 Å². The standard InChI is InChI=1S/C16H10BrClF3NO2/c17-12-7-10(18)8-13(15(12)24-16(20)21)22-14(23)6-3-9-1-4-11(19)5-2-9/h1-8,16H,(H,22,23)/b6-3+. The predicted molar refractivity (Wildman–Crippen MR) is 89.8 cm³/mol. The summed E-state index contributed by atoms with van der Waals surface area (Å²) in [5.41, 5.74) is 0.589. The fourth-order valence-corrected chi connectivity index (χ4v) is 2.69. The second kappa shape index (κ2) is 8.21. The Hall–Kier alpha value is -1.99. The first-order valence-corrected chi connectivity index (χ1v) is 7.71. The Morgan fingerprint density at radius 1 is 1.25 bits per heavy atom. The lowest BCUT2D eigenvalue weighted by molar-refractivity contribution is -0.111. The molecule has 0 unspecified atom stereocenters. The van der Waals surface area contributed by atoms with Gasteiger partial charge in [-0.15, -0.1) is 0 Å². The van der Waals surface area contributed by atoms with E-state index in [-0.39, 0.29) is 20.9 Å². The topological polar surface area (TPSA) is 38.3 Å². The highest BCUT2D eigenvalue weighted by Crippen LogP contribution is 2.37. The fourth-order valence-electron chi connectivity index (χ4n) is 1.78. The third-order valence-corrected chi connectivity index (χ3v) is 3.58. The van der Waals surface area contributed by atoms with Crippen molar-refractivity contribution >= 4 is 45.2 Å². The van der Waals surface area contributed by atoms with Gasteiger partial charge in [-0.1, -0.05) is 23.7 Å². The summed E-state index contributed by atoms with van der Waals surface area (Å²) in [4.78, 5) is 11.9. The number of carbonyl (C=O) groups excluding carboxylic acids is 1. The molecule has 0 bridgehead atoms. The van der Waals surface area contributed by atoms with Crippen LogP contribution in [0.2, 0.25) is 5.02 Å². The molecule has 0 aliphatic rings. The monoisotopic (exact) mass is 419 g/mol. The van der Waals surface area contributed by atoms with Crippen molar-refractivity contribution in [3.05, 3.63) is 63.4 Å². The van der Waals surface area contributed by atoms with Crippen molar-refractivity contribution in [3.8, 4) is 5.75 Å². The molecule has 2 aromatic rings. The molecular weight excluding hydrogens is 411 g/mol. The van der Waals surface area contributed by atoms with Gasteiger partial charge in [0.15, 0.2) is 5.75 Å². The molecule has 0 aliphatic carbocycles. The summed E-state index contributed by atoms with van der Waals surface area (Å²) in [5.74, 6) is -1.22. The minimum Gasteiger partial charge on any atom is -0.431 e. The lowest BCUT2D eigenvalue weighted by Gasteiger charge is -2.13. The van der Waals surface area contributed by atoms with Crippen molar-refractivity contribution in [2.45, 2.75) is 6.61 Å². The molecule has 1 amide bonds. The van der Waals surface area contributed by atoms with Gasteiger partial charge in [0.1, 0.15) is 5.82 Å². The van der Waals surface area contributed by atoms with E-state index in [1.807, 2.05) is 0 Å². The van der Waals surface area contributed by atoms with E-state index in [2.05, 4.69) is 26.0 Å². The van der Waals surface area contributed by atoms with Crippen LogP contribution in [0.4, 0.5) is 18.9 Å². The van der Waals surface area contributed by atoms with Crippen LogP contribution in [0.1, 0.15) is 5.56 Å². The van der Waals surface area contributed by atoms with Gasteiger partial charge in [0.25, 0.3) is 0 Å². The molecular formula is C16H10BrClF3NO2. The number of hydrogen-bond acceptors (Lipinski definition) is 2. The van der Waals surface area contributed by atoms with Gasteiger partial charge in [-0.05, 0) is 51.8 Å². The van der Waals surface area contributed by atoms with Crippen LogP contribution >= 0.6 is 27.5 Å². The summed E-state index contributed by atoms with van der Waals surface area (Å²) in [7, 11) is 0. The van der Waals surface area contributed by atoms with Crippen LogP contribution in [0.3, 0.4) is 0 Å². The highest BCUT2D eigenvalue weighted by Gasteiger charge is 2.16. The van der Waals surface area contributed by atoms with Crippen molar-refractivity contribution in [1.82, 2.24) is 0 Å². The molecule has 0 heterocycles. The summed E-state index contributed by atoms with van der Waals surface area (Å²) in [6, 6.07) is 8.12. The maximum absolute atomic E-state index is 12.8. The molecule has 0 aromatic heterocycles. The number of rotatable bonds is 5. The molecule has 3 nitrogen and oxygen atoms in total. The molecule has 2 aromatic carbocycles. The van der Waals surface area contributed by atoms with E-state index >= 15 is 0 Å². The SMILES string of the molecule is O=C(/C=C/c1ccc(F)cc1)Nc1cc(Cl)cc(Br)c1OC(F)F. The maximum atomic E-state index is 12.8. The normalized spacial score (nSPS) is 11.1. The van der Waals surface area contributed by atoms with Crippen LogP contribution in [0.5, 0.6) is 5.75 Å². The summed E-state index contributed by atoms with van der Waals surface area (Å²) in [6.45, 7) is -3.06. The van der Waals surface area contributed by atoms with Crippen molar-refractivity contribution < 1.29 is 22.7 Å². The van der Waals surface area contributed by atoms with Gasteiger partial charge in [0.2, 0.25) is 5.91 Å². The number of benzene rings is 2. The molecule has 126 valence electrons. The van der Waals surface area contributed by atoms with Crippen molar-refractivity contribution in [1.29, 1.82) is 0 Å². The summed E-state index contributed by atoms with van der Waals surface area (Å²) in [6.07, 6.45) is 2.62. The zero-order valence-electron chi connectivity index (χ0n) is 11.9. The lowest BCUT2D eigenvalue weighted by atomic mass is 10.2. The third kappa shape index (κ3) is 5.28. The van der Waals surface area contributed by atoms with Crippen LogP contribution in [-0.2, 0) is 4.79 Å². The van der Waals surface area contributed by atoms with Gasteiger partial charge < -0.3 is 10.1 Å².